The van der Waals surface area contributed by atoms with E-state index < -0.39 is 155 Å². The van der Waals surface area contributed by atoms with Crippen molar-refractivity contribution in [2.45, 2.75) is 70.2 Å². The molecule has 6 nitrogen and oxygen atoms in total. The molecule has 0 fully saturated rings. The van der Waals surface area contributed by atoms with Gasteiger partial charge in [-0.05, 0) is 91.3 Å². The van der Waals surface area contributed by atoms with Crippen molar-refractivity contribution in [2.75, 3.05) is 26.1 Å². The number of aromatic nitrogens is 2. The number of nitrogens with zero attached hydrogens (tertiary/aromatic N) is 4. The van der Waals surface area contributed by atoms with Crippen molar-refractivity contribution in [3.05, 3.63) is 116 Å². The van der Waals surface area contributed by atoms with E-state index in [1.54, 1.807) is 0 Å². The Kier molecular flexibility index (Phi) is 6.23. The van der Waals surface area contributed by atoms with Crippen LogP contribution >= 0.6 is 11.8 Å². The number of hydrogen-bond acceptors (Lipinski definition) is 5. The van der Waals surface area contributed by atoms with Crippen LogP contribution in [0.15, 0.2) is 76.4 Å². The summed E-state index contributed by atoms with van der Waals surface area (Å²) < 4.78 is 203. The molecule has 3 aromatic carbocycles. The van der Waals surface area contributed by atoms with Gasteiger partial charge in [0.1, 0.15) is 12.4 Å². The maximum atomic E-state index is 14.9. The number of fused-ring (bicyclic) bond motifs is 1. The van der Waals surface area contributed by atoms with Crippen molar-refractivity contribution in [1.82, 2.24) is 19.4 Å². The fourth-order valence-electron chi connectivity index (χ4n) is 4.74. The standard InChI is InChI=1S/C37H40F4N4O2S/c1-4-43(5-2)19-20-44(22-29-12-11-28(21-25(29)3)27-13-15-30(16-14-27)37(39,40)41)34(46)23-45-33-8-6-7-32(33)35(47)42-36(45)48-24-26-9-17-31(38)18-10-26/h9-18,21H,4-8,19-20,22-24H2,1-3H3/i9D,10D,11D,12D,13D,14D,15D,16D,17D,18D,19D2,20D2,21D,24D2. The van der Waals surface area contributed by atoms with E-state index in [0.717, 1.165) is 16.4 Å². The van der Waals surface area contributed by atoms with Gasteiger partial charge in [0.2, 0.25) is 5.91 Å². The predicted molar refractivity (Wildman–Crippen MR) is 181 cm³/mol. The highest BCUT2D eigenvalue weighted by molar-refractivity contribution is 7.98. The van der Waals surface area contributed by atoms with Crippen molar-refractivity contribution in [3.63, 3.8) is 0 Å². The van der Waals surface area contributed by atoms with E-state index in [2.05, 4.69) is 4.98 Å². The number of carbonyl (C=O) groups excluding carboxylic acids is 1. The van der Waals surface area contributed by atoms with Crippen LogP contribution < -0.4 is 5.56 Å². The molecule has 254 valence electrons. The van der Waals surface area contributed by atoms with Gasteiger partial charge in [0.25, 0.3) is 5.56 Å². The molecule has 1 aliphatic carbocycles. The van der Waals surface area contributed by atoms with E-state index in [1.807, 2.05) is 0 Å². The minimum Gasteiger partial charge on any atom is -0.336 e. The molecular weight excluding hydrogens is 640 g/mol. The van der Waals surface area contributed by atoms with Gasteiger partial charge < -0.3 is 14.4 Å². The molecule has 1 aromatic heterocycles. The third-order valence-electron chi connectivity index (χ3n) is 7.32. The number of carbonyl (C=O) groups is 1. The average Bonchev–Trinajstić information content (AvgIpc) is 3.71. The third kappa shape index (κ3) is 8.54. The molecule has 11 heteroatoms. The summed E-state index contributed by atoms with van der Waals surface area (Å²) in [6.07, 6.45) is -4.76. The van der Waals surface area contributed by atoms with Crippen molar-refractivity contribution in [1.29, 1.82) is 0 Å². The lowest BCUT2D eigenvalue weighted by Crippen LogP contribution is -2.40. The molecule has 1 aliphatic rings. The van der Waals surface area contributed by atoms with Crippen molar-refractivity contribution in [3.8, 4) is 11.1 Å². The maximum absolute atomic E-state index is 14.9. The highest BCUT2D eigenvalue weighted by Gasteiger charge is 2.30. The van der Waals surface area contributed by atoms with Crippen LogP contribution in [0.2, 0.25) is 0 Å². The number of benzene rings is 3. The monoisotopic (exact) mass is 697 g/mol. The normalized spacial score (nSPS) is 18.8. The van der Waals surface area contributed by atoms with Gasteiger partial charge in [0.15, 0.2) is 5.16 Å². The van der Waals surface area contributed by atoms with E-state index in [4.69, 9.17) is 20.6 Å². The molecule has 0 N–H and O–H groups in total. The molecular formula is C37H40F4N4O2S. The molecule has 0 saturated carbocycles. The van der Waals surface area contributed by atoms with E-state index in [0.29, 0.717) is 11.3 Å². The number of rotatable bonds is 13. The summed E-state index contributed by atoms with van der Waals surface area (Å²) in [6.45, 7) is -4.60. The molecule has 5 rings (SSSR count). The number of likely N-dealkylation sites (N-methyl/N-ethyl adjacent to an activating group) is 1. The summed E-state index contributed by atoms with van der Waals surface area (Å²) in [5, 5.41) is -0.581. The second-order valence-corrected chi connectivity index (χ2v) is 11.2. The van der Waals surface area contributed by atoms with Crippen molar-refractivity contribution in [2.24, 2.45) is 0 Å². The Labute approximate surface area is 306 Å². The lowest BCUT2D eigenvalue weighted by molar-refractivity contribution is -0.137. The largest absolute Gasteiger partial charge is 0.416 e. The van der Waals surface area contributed by atoms with E-state index in [-0.39, 0.29) is 54.5 Å². The van der Waals surface area contributed by atoms with Gasteiger partial charge >= 0.3 is 6.18 Å². The fourth-order valence-corrected chi connectivity index (χ4v) is 5.45. The molecule has 0 saturated heterocycles. The minimum absolute atomic E-state index is 0.0649. The highest BCUT2D eigenvalue weighted by atomic mass is 32.2. The first kappa shape index (κ1) is 19.3. The van der Waals surface area contributed by atoms with Crippen LogP contribution in [0, 0.1) is 12.7 Å². The van der Waals surface area contributed by atoms with Gasteiger partial charge in [0, 0.05) is 42.0 Å². The lowest BCUT2D eigenvalue weighted by atomic mass is 9.98. The molecule has 1 amide bonds. The first-order chi connectivity index (χ1) is 29.8. The van der Waals surface area contributed by atoms with Gasteiger partial charge in [-0.1, -0.05) is 67.9 Å². The number of alkyl halides is 3. The average molecular weight is 698 g/mol. The van der Waals surface area contributed by atoms with Crippen molar-refractivity contribution < 1.29 is 45.7 Å². The zero-order chi connectivity index (χ0) is 49.4. The highest BCUT2D eigenvalue weighted by Crippen LogP contribution is 2.32. The first-order valence-corrected chi connectivity index (χ1v) is 15.5. The van der Waals surface area contributed by atoms with Crippen LogP contribution in [0.4, 0.5) is 17.6 Å². The summed E-state index contributed by atoms with van der Waals surface area (Å²) in [6, 6.07) is -12.9. The summed E-state index contributed by atoms with van der Waals surface area (Å²) in [5.74, 6) is -2.86. The van der Waals surface area contributed by atoms with Crippen LogP contribution in [0.3, 0.4) is 0 Å². The fraction of sp³-hybridized carbons (Fsp3) is 0.378. The Morgan fingerprint density at radius 1 is 1.00 bits per heavy atom. The number of hydrogen-bond donors (Lipinski definition) is 0. The van der Waals surface area contributed by atoms with Gasteiger partial charge in [-0.2, -0.15) is 18.2 Å². The molecule has 0 atom stereocenters. The van der Waals surface area contributed by atoms with Gasteiger partial charge in [0.05, 0.1) is 23.4 Å². The van der Waals surface area contributed by atoms with E-state index >= 15 is 0 Å². The molecule has 1 heterocycles. The summed E-state index contributed by atoms with van der Waals surface area (Å²) in [5.41, 5.74) is -8.98. The molecule has 4 aromatic rings. The van der Waals surface area contributed by atoms with Gasteiger partial charge in [-0.15, -0.1) is 0 Å². The van der Waals surface area contributed by atoms with Gasteiger partial charge in [-0.3, -0.25) is 9.59 Å². The topological polar surface area (TPSA) is 58.4 Å². The van der Waals surface area contributed by atoms with Crippen molar-refractivity contribution >= 4 is 17.7 Å². The smallest absolute Gasteiger partial charge is 0.336 e. The Morgan fingerprint density at radius 2 is 1.69 bits per heavy atom. The lowest BCUT2D eigenvalue weighted by Gasteiger charge is -2.28. The number of thioether (sulfide) groups is 1. The quantitative estimate of drug-likeness (QED) is 0.0822. The third-order valence-corrected chi connectivity index (χ3v) is 8.12. The maximum Gasteiger partial charge on any atom is 0.416 e. The summed E-state index contributed by atoms with van der Waals surface area (Å²) in [4.78, 5) is 33.5. The SMILES string of the molecule is [2H]c1c([2H])c(C([2H])([2H])Sc2nc(=O)c3c(n2CC(=O)N(Cc2c([2H])c([2H])c(-c4c([2H])c([2H])c(C(F)(F)F)c([2H])c4[2H])c([2H])c2C)C([2H])([2H])C([2H])([2H])N(CC)CC)CCC3)c([2H])c([2H])c1F. The number of halogens is 4. The van der Waals surface area contributed by atoms with Crippen LogP contribution in [-0.4, -0.2) is 51.3 Å². The van der Waals surface area contributed by atoms with Crippen LogP contribution in [-0.2, 0) is 42.6 Å². The minimum atomic E-state index is -5.33. The second-order valence-electron chi connectivity index (χ2n) is 10.4. The number of amides is 1. The zero-order valence-corrected chi connectivity index (χ0v) is 26.8. The van der Waals surface area contributed by atoms with Crippen LogP contribution in [0.1, 0.15) is 77.1 Å². The Morgan fingerprint density at radius 3 is 2.35 bits per heavy atom. The predicted octanol–water partition coefficient (Wildman–Crippen LogP) is 7.53. The molecule has 0 aliphatic heterocycles. The molecule has 0 unspecified atom stereocenters. The van der Waals surface area contributed by atoms with Crippen LogP contribution in [0.5, 0.6) is 0 Å². The first-order valence-electron chi connectivity index (χ1n) is 23.2. The van der Waals surface area contributed by atoms with E-state index in [1.165, 1.54) is 13.8 Å². The molecule has 0 spiro atoms. The van der Waals surface area contributed by atoms with E-state index in [9.17, 15) is 29.9 Å². The van der Waals surface area contributed by atoms with Gasteiger partial charge in [-0.25, -0.2) is 4.39 Å². The Balaban J connectivity index is 1.73. The summed E-state index contributed by atoms with van der Waals surface area (Å²) >= 11 is 0.0649. The Hall–Kier alpha value is -3.96. The molecule has 48 heavy (non-hydrogen) atoms. The molecule has 0 bridgehead atoms. The summed E-state index contributed by atoms with van der Waals surface area (Å²) in [7, 11) is 0. The Bertz CT molecular complexity index is 2590. The van der Waals surface area contributed by atoms with Crippen LogP contribution in [0.25, 0.3) is 11.1 Å². The zero-order valence-electron chi connectivity index (χ0n) is 43.0. The second kappa shape index (κ2) is 15.5. The molecule has 0 radical (unpaired) electrons.